The maximum Gasteiger partial charge on any atom is 0.248 e. The number of amides is 1. The summed E-state index contributed by atoms with van der Waals surface area (Å²) in [6.07, 6.45) is 2.60. The molecular weight excluding hydrogens is 266 g/mol. The van der Waals surface area contributed by atoms with E-state index >= 15 is 0 Å². The Hall–Kier alpha value is -1.59. The van der Waals surface area contributed by atoms with Crippen LogP contribution in [0.15, 0.2) is 18.2 Å². The van der Waals surface area contributed by atoms with Gasteiger partial charge in [0.2, 0.25) is 5.91 Å². The van der Waals surface area contributed by atoms with Gasteiger partial charge in [0.15, 0.2) is 0 Å². The first kappa shape index (κ1) is 14.4. The molecule has 21 heavy (non-hydrogen) atoms. The Labute approximate surface area is 125 Å². The van der Waals surface area contributed by atoms with Gasteiger partial charge in [-0.3, -0.25) is 4.79 Å². The second-order valence-corrected chi connectivity index (χ2v) is 5.79. The normalized spacial score (nSPS) is 24.5. The third-order valence-electron chi connectivity index (χ3n) is 4.50. The zero-order valence-electron chi connectivity index (χ0n) is 12.7. The molecule has 1 saturated heterocycles. The van der Waals surface area contributed by atoms with Gasteiger partial charge in [0.1, 0.15) is 6.04 Å². The van der Waals surface area contributed by atoms with E-state index in [4.69, 9.17) is 10.5 Å². The zero-order valence-corrected chi connectivity index (χ0v) is 12.7. The molecular formula is C16H23N3O2. The average molecular weight is 289 g/mol. The van der Waals surface area contributed by atoms with Crippen LogP contribution in [0.2, 0.25) is 0 Å². The molecule has 2 aliphatic heterocycles. The number of nitrogens with zero attached hydrogens (tertiary/aromatic N) is 2. The number of hydrogen-bond acceptors (Lipinski definition) is 4. The predicted octanol–water partition coefficient (Wildman–Crippen LogP) is 1.67. The Morgan fingerprint density at radius 3 is 2.95 bits per heavy atom. The number of rotatable bonds is 4. The van der Waals surface area contributed by atoms with E-state index < -0.39 is 6.04 Å². The number of ether oxygens (including phenoxy) is 1. The molecule has 2 N–H and O–H groups in total. The number of anilines is 2. The third kappa shape index (κ3) is 2.51. The van der Waals surface area contributed by atoms with Gasteiger partial charge in [-0.15, -0.1) is 0 Å². The van der Waals surface area contributed by atoms with Crippen molar-refractivity contribution in [1.29, 1.82) is 0 Å². The van der Waals surface area contributed by atoms with E-state index in [0.717, 1.165) is 49.5 Å². The molecule has 2 unspecified atom stereocenters. The zero-order chi connectivity index (χ0) is 15.0. The van der Waals surface area contributed by atoms with E-state index in [1.807, 2.05) is 6.07 Å². The number of benzene rings is 1. The van der Waals surface area contributed by atoms with Crippen molar-refractivity contribution in [3.05, 3.63) is 23.8 Å². The van der Waals surface area contributed by atoms with E-state index in [1.54, 1.807) is 11.9 Å². The minimum Gasteiger partial charge on any atom is -0.376 e. The average Bonchev–Trinajstić information content (AvgIpc) is 3.09. The van der Waals surface area contributed by atoms with Gasteiger partial charge in [0.05, 0.1) is 11.8 Å². The lowest BCUT2D eigenvalue weighted by molar-refractivity contribution is -0.118. The summed E-state index contributed by atoms with van der Waals surface area (Å²) in [5.74, 6) is -0.0377. The first-order chi connectivity index (χ1) is 10.1. The molecule has 5 nitrogen and oxygen atoms in total. The molecule has 0 aromatic heterocycles. The van der Waals surface area contributed by atoms with Crippen LogP contribution in [0, 0.1) is 0 Å². The maximum atomic E-state index is 12.0. The van der Waals surface area contributed by atoms with Crippen LogP contribution in [0.1, 0.15) is 31.4 Å². The highest BCUT2D eigenvalue weighted by Gasteiger charge is 2.32. The summed E-state index contributed by atoms with van der Waals surface area (Å²) in [4.78, 5) is 15.9. The minimum absolute atomic E-state index is 0.0377. The van der Waals surface area contributed by atoms with E-state index in [-0.39, 0.29) is 5.91 Å². The highest BCUT2D eigenvalue weighted by molar-refractivity contribution is 6.04. The predicted molar refractivity (Wildman–Crippen MR) is 83.6 cm³/mol. The highest BCUT2D eigenvalue weighted by atomic mass is 16.5. The van der Waals surface area contributed by atoms with E-state index in [0.29, 0.717) is 6.10 Å². The maximum absolute atomic E-state index is 12.0. The summed E-state index contributed by atoms with van der Waals surface area (Å²) in [6, 6.07) is 5.59. The first-order valence-electron chi connectivity index (χ1n) is 7.65. The lowest BCUT2D eigenvalue weighted by Gasteiger charge is -2.27. The quantitative estimate of drug-likeness (QED) is 0.916. The van der Waals surface area contributed by atoms with Crippen LogP contribution in [0.4, 0.5) is 11.4 Å². The number of carbonyl (C=O) groups is 1. The van der Waals surface area contributed by atoms with Crippen LogP contribution >= 0.6 is 0 Å². The number of hydrogen-bond donors (Lipinski definition) is 1. The summed E-state index contributed by atoms with van der Waals surface area (Å²) in [6.45, 7) is 4.84. The van der Waals surface area contributed by atoms with Gasteiger partial charge in [-0.2, -0.15) is 0 Å². The third-order valence-corrected chi connectivity index (χ3v) is 4.50. The fourth-order valence-electron chi connectivity index (χ4n) is 3.19. The second kappa shape index (κ2) is 5.66. The van der Waals surface area contributed by atoms with Gasteiger partial charge < -0.3 is 20.3 Å². The summed E-state index contributed by atoms with van der Waals surface area (Å²) in [5, 5.41) is 0. The van der Waals surface area contributed by atoms with E-state index in [1.165, 1.54) is 0 Å². The van der Waals surface area contributed by atoms with Crippen LogP contribution in [-0.4, -0.2) is 38.8 Å². The number of likely N-dealkylation sites (N-methyl/N-ethyl adjacent to an activating group) is 2. The SMILES string of the molecule is CCN(CC1CCCO1)c1ccc2c(c1)N(C)C(=O)C2N. The number of fused-ring (bicyclic) bond motifs is 1. The fourth-order valence-corrected chi connectivity index (χ4v) is 3.19. The van der Waals surface area contributed by atoms with Crippen LogP contribution in [0.5, 0.6) is 0 Å². The van der Waals surface area contributed by atoms with Gasteiger partial charge in [0.25, 0.3) is 0 Å². The summed E-state index contributed by atoms with van der Waals surface area (Å²) < 4.78 is 5.73. The number of carbonyl (C=O) groups excluding carboxylic acids is 1. The summed E-state index contributed by atoms with van der Waals surface area (Å²) in [5.41, 5.74) is 8.91. The van der Waals surface area contributed by atoms with Crippen LogP contribution in [0.25, 0.3) is 0 Å². The Morgan fingerprint density at radius 2 is 2.29 bits per heavy atom. The molecule has 5 heteroatoms. The molecule has 0 bridgehead atoms. The lowest BCUT2D eigenvalue weighted by atomic mass is 10.1. The fraction of sp³-hybridized carbons (Fsp3) is 0.562. The van der Waals surface area contributed by atoms with Crippen molar-refractivity contribution in [2.75, 3.05) is 36.5 Å². The molecule has 0 saturated carbocycles. The van der Waals surface area contributed by atoms with Crippen molar-refractivity contribution in [2.24, 2.45) is 5.73 Å². The standard InChI is InChI=1S/C16H23N3O2/c1-3-19(10-12-5-4-8-21-12)11-6-7-13-14(9-11)18(2)16(20)15(13)17/h6-7,9,12,15H,3-5,8,10,17H2,1-2H3. The van der Waals surface area contributed by atoms with Gasteiger partial charge in [-0.25, -0.2) is 0 Å². The Morgan fingerprint density at radius 1 is 1.48 bits per heavy atom. The van der Waals surface area contributed by atoms with Gasteiger partial charge >= 0.3 is 0 Å². The molecule has 2 atom stereocenters. The first-order valence-corrected chi connectivity index (χ1v) is 7.65. The largest absolute Gasteiger partial charge is 0.376 e. The minimum atomic E-state index is -0.521. The molecule has 1 aromatic carbocycles. The topological polar surface area (TPSA) is 58.8 Å². The summed E-state index contributed by atoms with van der Waals surface area (Å²) in [7, 11) is 1.79. The number of nitrogens with two attached hydrogens (primary N) is 1. The van der Waals surface area contributed by atoms with Crippen molar-refractivity contribution in [3.8, 4) is 0 Å². The molecule has 1 aromatic rings. The van der Waals surface area contributed by atoms with Crippen molar-refractivity contribution in [3.63, 3.8) is 0 Å². The van der Waals surface area contributed by atoms with Gasteiger partial charge in [-0.05, 0) is 31.9 Å². The molecule has 2 aliphatic rings. The molecule has 1 amide bonds. The Kier molecular flexibility index (Phi) is 3.87. The van der Waals surface area contributed by atoms with Gasteiger partial charge in [0, 0.05) is 38.0 Å². The monoisotopic (exact) mass is 289 g/mol. The van der Waals surface area contributed by atoms with Crippen molar-refractivity contribution in [1.82, 2.24) is 0 Å². The van der Waals surface area contributed by atoms with Crippen LogP contribution in [-0.2, 0) is 9.53 Å². The smallest absolute Gasteiger partial charge is 0.248 e. The molecule has 3 rings (SSSR count). The molecule has 2 heterocycles. The van der Waals surface area contributed by atoms with Crippen molar-refractivity contribution in [2.45, 2.75) is 31.9 Å². The van der Waals surface area contributed by atoms with Crippen molar-refractivity contribution < 1.29 is 9.53 Å². The summed E-state index contributed by atoms with van der Waals surface area (Å²) >= 11 is 0. The van der Waals surface area contributed by atoms with E-state index in [9.17, 15) is 4.79 Å². The highest BCUT2D eigenvalue weighted by Crippen LogP contribution is 2.36. The van der Waals surface area contributed by atoms with Crippen molar-refractivity contribution >= 4 is 17.3 Å². The molecule has 0 radical (unpaired) electrons. The van der Waals surface area contributed by atoms with Gasteiger partial charge in [-0.1, -0.05) is 6.07 Å². The Bertz CT molecular complexity index is 540. The Balaban J connectivity index is 1.83. The molecule has 114 valence electrons. The van der Waals surface area contributed by atoms with Crippen LogP contribution < -0.4 is 15.5 Å². The molecule has 0 spiro atoms. The van der Waals surface area contributed by atoms with E-state index in [2.05, 4.69) is 24.0 Å². The van der Waals surface area contributed by atoms with Crippen LogP contribution in [0.3, 0.4) is 0 Å². The lowest BCUT2D eigenvalue weighted by Crippen LogP contribution is -2.32. The molecule has 0 aliphatic carbocycles. The second-order valence-electron chi connectivity index (χ2n) is 5.79. The molecule has 1 fully saturated rings.